The average Bonchev–Trinajstić information content (AvgIpc) is 3.16. The van der Waals surface area contributed by atoms with E-state index in [1.165, 1.54) is 4.68 Å². The Hall–Kier alpha value is -4.39. The van der Waals surface area contributed by atoms with Crippen LogP contribution >= 0.6 is 0 Å². The first-order valence-electron chi connectivity index (χ1n) is 10.7. The first-order chi connectivity index (χ1) is 16.6. The van der Waals surface area contributed by atoms with Crippen LogP contribution in [0, 0.1) is 0 Å². The number of hydrogen-bond donors (Lipinski definition) is 1. The van der Waals surface area contributed by atoms with E-state index in [0.717, 1.165) is 22.7 Å². The standard InChI is InChI=1S/C27H26N2O5/c1-19-24(27(30)29(28-19)21-7-5-4-6-8-21)17-20-9-14-25(26(18-20)32-3)34-16-15-33-23-12-10-22(31-2)11-13-23/h4-14,17-18,28H,1,15-16H2,2-3H3/b24-17+. The Morgan fingerprint density at radius 3 is 2.26 bits per heavy atom. The topological polar surface area (TPSA) is 74.7 Å². The summed E-state index contributed by atoms with van der Waals surface area (Å²) in [7, 11) is 3.20. The maximum absolute atomic E-state index is 12.9. The second kappa shape index (κ2) is 10.5. The highest BCUT2D eigenvalue weighted by Gasteiger charge is 2.08. The summed E-state index contributed by atoms with van der Waals surface area (Å²) in [6.45, 7) is 4.70. The number of hydrogen-bond acceptors (Lipinski definition) is 5. The summed E-state index contributed by atoms with van der Waals surface area (Å²) in [5, 5.41) is 4.04. The van der Waals surface area contributed by atoms with Gasteiger partial charge in [0.2, 0.25) is 0 Å². The summed E-state index contributed by atoms with van der Waals surface area (Å²) >= 11 is 0. The lowest BCUT2D eigenvalue weighted by molar-refractivity contribution is 0.211. The highest BCUT2D eigenvalue weighted by molar-refractivity contribution is 5.56. The number of ether oxygens (including phenoxy) is 4. The van der Waals surface area contributed by atoms with Crippen LogP contribution in [-0.4, -0.2) is 37.2 Å². The van der Waals surface area contributed by atoms with E-state index in [1.807, 2.05) is 72.8 Å². The summed E-state index contributed by atoms with van der Waals surface area (Å²) < 4.78 is 23.6. The number of H-pyrrole nitrogens is 1. The summed E-state index contributed by atoms with van der Waals surface area (Å²) in [4.78, 5) is 12.9. The number of aromatic nitrogens is 2. The molecular weight excluding hydrogens is 432 g/mol. The predicted octanol–water partition coefficient (Wildman–Crippen LogP) is 2.88. The fourth-order valence-electron chi connectivity index (χ4n) is 3.45. The number of methoxy groups -OCH3 is 2. The Labute approximate surface area is 197 Å². The molecule has 0 aliphatic carbocycles. The second-order valence-corrected chi connectivity index (χ2v) is 7.41. The first kappa shape index (κ1) is 22.8. The van der Waals surface area contributed by atoms with Crippen molar-refractivity contribution in [2.45, 2.75) is 0 Å². The highest BCUT2D eigenvalue weighted by atomic mass is 16.5. The Balaban J connectivity index is 1.47. The Bertz CT molecular complexity index is 1410. The minimum atomic E-state index is -0.175. The molecular formula is C27H26N2O5. The molecule has 0 spiro atoms. The molecule has 0 atom stereocenters. The molecule has 7 nitrogen and oxygen atoms in total. The molecule has 3 aromatic carbocycles. The van der Waals surface area contributed by atoms with Gasteiger partial charge < -0.3 is 18.9 Å². The molecule has 34 heavy (non-hydrogen) atoms. The van der Waals surface area contributed by atoms with Crippen LogP contribution in [0.5, 0.6) is 23.0 Å². The van der Waals surface area contributed by atoms with Crippen LogP contribution in [-0.2, 0) is 0 Å². The summed E-state index contributed by atoms with van der Waals surface area (Å²) in [5.41, 5.74) is 1.36. The minimum Gasteiger partial charge on any atom is -0.497 e. The zero-order valence-corrected chi connectivity index (χ0v) is 19.1. The maximum Gasteiger partial charge on any atom is 0.279 e. The third-order valence-corrected chi connectivity index (χ3v) is 5.19. The fourth-order valence-corrected chi connectivity index (χ4v) is 3.45. The van der Waals surface area contributed by atoms with Gasteiger partial charge in [0.1, 0.15) is 24.7 Å². The second-order valence-electron chi connectivity index (χ2n) is 7.41. The fraction of sp³-hybridized carbons (Fsp3) is 0.148. The molecule has 1 aromatic heterocycles. The molecule has 1 heterocycles. The van der Waals surface area contributed by atoms with E-state index in [9.17, 15) is 4.79 Å². The van der Waals surface area contributed by atoms with Crippen LogP contribution in [0.15, 0.2) is 77.6 Å². The number of nitrogens with one attached hydrogen (secondary N) is 1. The Kier molecular flexibility index (Phi) is 7.03. The van der Waals surface area contributed by atoms with Crippen molar-refractivity contribution >= 4 is 12.7 Å². The number of rotatable bonds is 9. The van der Waals surface area contributed by atoms with Gasteiger partial charge in [-0.25, -0.2) is 4.68 Å². The molecule has 4 aromatic rings. The Morgan fingerprint density at radius 1 is 0.853 bits per heavy atom. The molecule has 0 aliphatic heterocycles. The molecule has 4 rings (SSSR count). The summed E-state index contributed by atoms with van der Waals surface area (Å²) in [6, 6.07) is 22.2. The van der Waals surface area contributed by atoms with E-state index >= 15 is 0 Å². The molecule has 7 heteroatoms. The smallest absolute Gasteiger partial charge is 0.279 e. The summed E-state index contributed by atoms with van der Waals surface area (Å²) in [6.07, 6.45) is 1.78. The molecule has 0 aliphatic rings. The van der Waals surface area contributed by atoms with Gasteiger partial charge in [0, 0.05) is 0 Å². The van der Waals surface area contributed by atoms with Crippen LogP contribution in [0.3, 0.4) is 0 Å². The number of benzene rings is 3. The van der Waals surface area contributed by atoms with Crippen LogP contribution in [0.4, 0.5) is 0 Å². The number of aromatic amines is 1. The molecule has 0 amide bonds. The van der Waals surface area contributed by atoms with E-state index in [0.29, 0.717) is 35.3 Å². The molecule has 0 bridgehead atoms. The molecule has 0 radical (unpaired) electrons. The molecule has 0 saturated carbocycles. The van der Waals surface area contributed by atoms with Gasteiger partial charge in [-0.1, -0.05) is 30.8 Å². The van der Waals surface area contributed by atoms with E-state index in [2.05, 4.69) is 11.7 Å². The first-order valence-corrected chi connectivity index (χ1v) is 10.7. The van der Waals surface area contributed by atoms with Crippen LogP contribution in [0.2, 0.25) is 0 Å². The number of nitrogens with zero attached hydrogens (tertiary/aromatic N) is 1. The summed E-state index contributed by atoms with van der Waals surface area (Å²) in [5.74, 6) is 2.65. The van der Waals surface area contributed by atoms with Crippen molar-refractivity contribution in [3.05, 3.63) is 99.3 Å². The van der Waals surface area contributed by atoms with Crippen molar-refractivity contribution in [2.24, 2.45) is 0 Å². The number of para-hydroxylation sites is 1. The highest BCUT2D eigenvalue weighted by Crippen LogP contribution is 2.28. The lowest BCUT2D eigenvalue weighted by Crippen LogP contribution is -2.33. The van der Waals surface area contributed by atoms with Gasteiger partial charge in [-0.2, -0.15) is 0 Å². The van der Waals surface area contributed by atoms with Gasteiger partial charge in [-0.05, 0) is 60.2 Å². The van der Waals surface area contributed by atoms with Gasteiger partial charge in [0.15, 0.2) is 11.5 Å². The SMILES string of the molecule is C=c1[nH]n(-c2ccccc2)c(=O)/c1=C/c1ccc(OCCOc2ccc(OC)cc2)c(OC)c1. The molecule has 1 N–H and O–H groups in total. The zero-order chi connectivity index (χ0) is 23.9. The van der Waals surface area contributed by atoms with Gasteiger partial charge in [0.05, 0.1) is 30.5 Å². The van der Waals surface area contributed by atoms with Crippen LogP contribution < -0.4 is 35.1 Å². The van der Waals surface area contributed by atoms with Gasteiger partial charge in [0.25, 0.3) is 5.56 Å². The Morgan fingerprint density at radius 2 is 1.56 bits per heavy atom. The van der Waals surface area contributed by atoms with Crippen molar-refractivity contribution in [3.63, 3.8) is 0 Å². The maximum atomic E-state index is 12.9. The predicted molar refractivity (Wildman–Crippen MR) is 132 cm³/mol. The quantitative estimate of drug-likeness (QED) is 0.391. The van der Waals surface area contributed by atoms with Crippen molar-refractivity contribution < 1.29 is 18.9 Å². The van der Waals surface area contributed by atoms with Crippen molar-refractivity contribution in [1.82, 2.24) is 9.78 Å². The van der Waals surface area contributed by atoms with Gasteiger partial charge >= 0.3 is 0 Å². The average molecular weight is 459 g/mol. The molecule has 174 valence electrons. The van der Waals surface area contributed by atoms with E-state index in [4.69, 9.17) is 18.9 Å². The lowest BCUT2D eigenvalue weighted by Gasteiger charge is -2.12. The van der Waals surface area contributed by atoms with Crippen LogP contribution in [0.1, 0.15) is 5.56 Å². The van der Waals surface area contributed by atoms with Crippen LogP contribution in [0.25, 0.3) is 18.3 Å². The van der Waals surface area contributed by atoms with E-state index < -0.39 is 0 Å². The van der Waals surface area contributed by atoms with Crippen molar-refractivity contribution in [3.8, 4) is 28.7 Å². The van der Waals surface area contributed by atoms with E-state index in [-0.39, 0.29) is 5.56 Å². The molecule has 0 unspecified atom stereocenters. The normalized spacial score (nSPS) is 11.3. The lowest BCUT2D eigenvalue weighted by atomic mass is 10.1. The molecule has 0 fully saturated rings. The molecule has 0 saturated heterocycles. The largest absolute Gasteiger partial charge is 0.497 e. The van der Waals surface area contributed by atoms with Gasteiger partial charge in [-0.3, -0.25) is 9.89 Å². The minimum absolute atomic E-state index is 0.175. The van der Waals surface area contributed by atoms with E-state index in [1.54, 1.807) is 20.3 Å². The zero-order valence-electron chi connectivity index (χ0n) is 19.1. The van der Waals surface area contributed by atoms with Gasteiger partial charge in [-0.15, -0.1) is 0 Å². The monoisotopic (exact) mass is 458 g/mol. The van der Waals surface area contributed by atoms with Crippen molar-refractivity contribution in [1.29, 1.82) is 0 Å². The third-order valence-electron chi connectivity index (χ3n) is 5.19. The third kappa shape index (κ3) is 5.15. The van der Waals surface area contributed by atoms with Crippen molar-refractivity contribution in [2.75, 3.05) is 27.4 Å².